The van der Waals surface area contributed by atoms with Crippen LogP contribution in [0.15, 0.2) is 30.6 Å². The highest BCUT2D eigenvalue weighted by molar-refractivity contribution is 5.74. The maximum Gasteiger partial charge on any atom is 0.315 e. The molecule has 1 heterocycles. The summed E-state index contributed by atoms with van der Waals surface area (Å²) in [5.41, 5.74) is 2.03. The Morgan fingerprint density at radius 1 is 1.29 bits per heavy atom. The lowest BCUT2D eigenvalue weighted by atomic mass is 10.1. The Morgan fingerprint density at radius 3 is 2.67 bits per heavy atom. The molecule has 1 unspecified atom stereocenters. The molecule has 0 spiro atoms. The van der Waals surface area contributed by atoms with Gasteiger partial charge in [-0.2, -0.15) is 5.10 Å². The molecule has 1 aromatic heterocycles. The summed E-state index contributed by atoms with van der Waals surface area (Å²) in [6.07, 6.45) is 4.48. The van der Waals surface area contributed by atoms with Gasteiger partial charge in [0.1, 0.15) is 0 Å². The fourth-order valence-corrected chi connectivity index (χ4v) is 2.37. The van der Waals surface area contributed by atoms with Gasteiger partial charge in [-0.05, 0) is 36.6 Å². The van der Waals surface area contributed by atoms with E-state index < -0.39 is 0 Å². The van der Waals surface area contributed by atoms with Crippen molar-refractivity contribution in [2.24, 2.45) is 7.05 Å². The monoisotopic (exact) mass is 332 g/mol. The molecule has 0 radical (unpaired) electrons. The fraction of sp³-hybridized carbons (Fsp3) is 0.412. The molecule has 0 aliphatic heterocycles. The number of carbonyl (C=O) groups is 1. The summed E-state index contributed by atoms with van der Waals surface area (Å²) >= 11 is 0. The van der Waals surface area contributed by atoms with Crippen molar-refractivity contribution in [3.8, 4) is 11.5 Å². The second-order valence-electron chi connectivity index (χ2n) is 5.51. The number of benzene rings is 1. The molecule has 0 fully saturated rings. The van der Waals surface area contributed by atoms with Crippen LogP contribution in [0.3, 0.4) is 0 Å². The molecule has 0 saturated carbocycles. The Hall–Kier alpha value is -2.70. The summed E-state index contributed by atoms with van der Waals surface area (Å²) < 4.78 is 12.2. The van der Waals surface area contributed by atoms with Gasteiger partial charge >= 0.3 is 6.03 Å². The molecular formula is C17H24N4O3. The third kappa shape index (κ3) is 4.65. The number of methoxy groups -OCH3 is 2. The van der Waals surface area contributed by atoms with Gasteiger partial charge in [0.2, 0.25) is 0 Å². The molecule has 7 heteroatoms. The number of aromatic nitrogens is 2. The van der Waals surface area contributed by atoms with Crippen molar-refractivity contribution >= 4 is 6.03 Å². The molecule has 2 amide bonds. The van der Waals surface area contributed by atoms with Crippen molar-refractivity contribution in [2.75, 3.05) is 20.8 Å². The third-order valence-corrected chi connectivity index (χ3v) is 3.71. The van der Waals surface area contributed by atoms with Crippen LogP contribution in [0.5, 0.6) is 11.5 Å². The first-order chi connectivity index (χ1) is 11.5. The Bertz CT molecular complexity index is 684. The zero-order valence-electron chi connectivity index (χ0n) is 14.5. The number of hydrogen-bond acceptors (Lipinski definition) is 4. The number of urea groups is 1. The largest absolute Gasteiger partial charge is 0.493 e. The van der Waals surface area contributed by atoms with Crippen molar-refractivity contribution in [2.45, 2.75) is 19.4 Å². The molecule has 24 heavy (non-hydrogen) atoms. The Morgan fingerprint density at radius 2 is 2.04 bits per heavy atom. The second-order valence-corrected chi connectivity index (χ2v) is 5.51. The predicted octanol–water partition coefficient (Wildman–Crippen LogP) is 2.04. The van der Waals surface area contributed by atoms with Crippen LogP contribution in [0.25, 0.3) is 0 Å². The summed E-state index contributed by atoms with van der Waals surface area (Å²) in [6, 6.07) is 5.23. The van der Waals surface area contributed by atoms with Crippen molar-refractivity contribution in [3.63, 3.8) is 0 Å². The molecule has 2 N–H and O–H groups in total. The lowest BCUT2D eigenvalue weighted by Gasteiger charge is -2.17. The number of nitrogens with one attached hydrogen (secondary N) is 2. The highest BCUT2D eigenvalue weighted by Crippen LogP contribution is 2.29. The third-order valence-electron chi connectivity index (χ3n) is 3.71. The van der Waals surface area contributed by atoms with E-state index in [4.69, 9.17) is 9.47 Å². The maximum absolute atomic E-state index is 12.0. The van der Waals surface area contributed by atoms with E-state index >= 15 is 0 Å². The Kier molecular flexibility index (Phi) is 6.06. The van der Waals surface area contributed by atoms with E-state index in [0.717, 1.165) is 17.5 Å². The van der Waals surface area contributed by atoms with E-state index in [1.54, 1.807) is 25.1 Å². The van der Waals surface area contributed by atoms with Crippen LogP contribution in [0.2, 0.25) is 0 Å². The van der Waals surface area contributed by atoms with E-state index in [0.29, 0.717) is 18.0 Å². The standard InChI is InChI=1S/C17H24N4O3/c1-12(14-5-6-15(23-3)16(9-14)24-4)20-17(22)18-8-7-13-10-19-21(2)11-13/h5-6,9-12H,7-8H2,1-4H3,(H2,18,20,22). The van der Waals surface area contributed by atoms with E-state index in [9.17, 15) is 4.79 Å². The molecule has 2 rings (SSSR count). The Labute approximate surface area is 142 Å². The predicted molar refractivity (Wildman–Crippen MR) is 91.4 cm³/mol. The number of nitrogens with zero attached hydrogens (tertiary/aromatic N) is 2. The van der Waals surface area contributed by atoms with Gasteiger partial charge in [-0.25, -0.2) is 4.79 Å². The smallest absolute Gasteiger partial charge is 0.315 e. The van der Waals surface area contributed by atoms with Gasteiger partial charge in [0.15, 0.2) is 11.5 Å². The minimum absolute atomic E-state index is 0.150. The van der Waals surface area contributed by atoms with Crippen LogP contribution in [0.4, 0.5) is 4.79 Å². The van der Waals surface area contributed by atoms with Crippen LogP contribution in [-0.4, -0.2) is 36.6 Å². The molecule has 1 atom stereocenters. The zero-order chi connectivity index (χ0) is 17.5. The number of hydrogen-bond donors (Lipinski definition) is 2. The molecule has 0 saturated heterocycles. The molecule has 7 nitrogen and oxygen atoms in total. The van der Waals surface area contributed by atoms with E-state index in [1.165, 1.54) is 0 Å². The van der Waals surface area contributed by atoms with Gasteiger partial charge in [0, 0.05) is 19.8 Å². The average molecular weight is 332 g/mol. The van der Waals surface area contributed by atoms with Gasteiger partial charge in [0.25, 0.3) is 0 Å². The zero-order valence-corrected chi connectivity index (χ0v) is 14.5. The fourth-order valence-electron chi connectivity index (χ4n) is 2.37. The van der Waals surface area contributed by atoms with Crippen LogP contribution < -0.4 is 20.1 Å². The summed E-state index contributed by atoms with van der Waals surface area (Å²) in [5, 5.41) is 9.86. The maximum atomic E-state index is 12.0. The molecule has 0 aliphatic carbocycles. The van der Waals surface area contributed by atoms with E-state index in [2.05, 4.69) is 15.7 Å². The minimum atomic E-state index is -0.207. The number of amides is 2. The quantitative estimate of drug-likeness (QED) is 0.813. The first kappa shape index (κ1) is 17.7. The minimum Gasteiger partial charge on any atom is -0.493 e. The van der Waals surface area contributed by atoms with Crippen LogP contribution in [-0.2, 0) is 13.5 Å². The molecule has 2 aromatic rings. The first-order valence-electron chi connectivity index (χ1n) is 7.77. The van der Waals surface area contributed by atoms with Crippen molar-refractivity contribution < 1.29 is 14.3 Å². The first-order valence-corrected chi connectivity index (χ1v) is 7.77. The van der Waals surface area contributed by atoms with Crippen LogP contribution in [0, 0.1) is 0 Å². The summed E-state index contributed by atoms with van der Waals surface area (Å²) in [7, 11) is 5.05. The number of ether oxygens (including phenoxy) is 2. The van der Waals surface area contributed by atoms with Gasteiger partial charge < -0.3 is 20.1 Å². The van der Waals surface area contributed by atoms with Crippen LogP contribution in [0.1, 0.15) is 24.1 Å². The summed E-state index contributed by atoms with van der Waals surface area (Å²) in [5.74, 6) is 1.30. The van der Waals surface area contributed by atoms with Gasteiger partial charge in [-0.1, -0.05) is 6.07 Å². The lowest BCUT2D eigenvalue weighted by Crippen LogP contribution is -2.38. The molecule has 0 aliphatic rings. The van der Waals surface area contributed by atoms with E-state index in [1.807, 2.05) is 38.4 Å². The normalized spacial score (nSPS) is 11.7. The lowest BCUT2D eigenvalue weighted by molar-refractivity contribution is 0.238. The summed E-state index contributed by atoms with van der Waals surface area (Å²) in [4.78, 5) is 12.0. The van der Waals surface area contributed by atoms with Gasteiger partial charge in [0.05, 0.1) is 26.5 Å². The topological polar surface area (TPSA) is 77.4 Å². The highest BCUT2D eigenvalue weighted by Gasteiger charge is 2.12. The summed E-state index contributed by atoms with van der Waals surface area (Å²) in [6.45, 7) is 2.47. The molecule has 130 valence electrons. The van der Waals surface area contributed by atoms with Crippen molar-refractivity contribution in [1.29, 1.82) is 0 Å². The molecule has 1 aromatic carbocycles. The van der Waals surface area contributed by atoms with Crippen molar-refractivity contribution in [1.82, 2.24) is 20.4 Å². The SMILES string of the molecule is COc1ccc(C(C)NC(=O)NCCc2cnn(C)c2)cc1OC. The van der Waals surface area contributed by atoms with Crippen LogP contribution >= 0.6 is 0 Å². The average Bonchev–Trinajstić information content (AvgIpc) is 2.99. The number of carbonyl (C=O) groups excluding carboxylic acids is 1. The van der Waals surface area contributed by atoms with Gasteiger partial charge in [-0.3, -0.25) is 4.68 Å². The molecular weight excluding hydrogens is 308 g/mol. The van der Waals surface area contributed by atoms with Crippen molar-refractivity contribution in [3.05, 3.63) is 41.7 Å². The van der Waals surface area contributed by atoms with E-state index in [-0.39, 0.29) is 12.1 Å². The number of rotatable bonds is 7. The second kappa shape index (κ2) is 8.24. The molecule has 0 bridgehead atoms. The van der Waals surface area contributed by atoms with Gasteiger partial charge in [-0.15, -0.1) is 0 Å². The Balaban J connectivity index is 1.84. The highest BCUT2D eigenvalue weighted by atomic mass is 16.5. The number of aryl methyl sites for hydroxylation is 1.